The van der Waals surface area contributed by atoms with E-state index in [1.165, 1.54) is 16.4 Å². The van der Waals surface area contributed by atoms with Gasteiger partial charge in [0, 0.05) is 29.2 Å². The zero-order chi connectivity index (χ0) is 20.3. The van der Waals surface area contributed by atoms with Crippen LogP contribution in [-0.2, 0) is 14.8 Å². The summed E-state index contributed by atoms with van der Waals surface area (Å²) in [4.78, 5) is 13.8. The van der Waals surface area contributed by atoms with Crippen LogP contribution in [0.15, 0.2) is 58.3 Å². The van der Waals surface area contributed by atoms with E-state index in [9.17, 15) is 13.2 Å². The van der Waals surface area contributed by atoms with Gasteiger partial charge in [0.2, 0.25) is 10.0 Å². The molecule has 0 unspecified atom stereocenters. The van der Waals surface area contributed by atoms with E-state index in [2.05, 4.69) is 5.32 Å². The molecule has 0 saturated carbocycles. The van der Waals surface area contributed by atoms with Crippen LogP contribution < -0.4 is 5.32 Å². The zero-order valence-electron chi connectivity index (χ0n) is 16.1. The lowest BCUT2D eigenvalue weighted by molar-refractivity contribution is -0.0440. The lowest BCUT2D eigenvalue weighted by Crippen LogP contribution is -2.48. The molecule has 1 amide bonds. The summed E-state index contributed by atoms with van der Waals surface area (Å²) >= 11 is 1.58. The van der Waals surface area contributed by atoms with Crippen LogP contribution >= 0.6 is 11.8 Å². The zero-order valence-corrected chi connectivity index (χ0v) is 17.7. The Morgan fingerprint density at radius 1 is 1.11 bits per heavy atom. The fourth-order valence-electron chi connectivity index (χ4n) is 3.18. The van der Waals surface area contributed by atoms with Crippen molar-refractivity contribution in [2.24, 2.45) is 0 Å². The van der Waals surface area contributed by atoms with Crippen LogP contribution in [0.1, 0.15) is 24.2 Å². The van der Waals surface area contributed by atoms with E-state index < -0.39 is 10.0 Å². The summed E-state index contributed by atoms with van der Waals surface area (Å²) in [6.07, 6.45) is 1.62. The van der Waals surface area contributed by atoms with Gasteiger partial charge >= 0.3 is 0 Å². The van der Waals surface area contributed by atoms with Gasteiger partial charge in [0.05, 0.1) is 17.1 Å². The van der Waals surface area contributed by atoms with Crippen molar-refractivity contribution in [3.63, 3.8) is 0 Å². The monoisotopic (exact) mass is 420 g/mol. The predicted molar refractivity (Wildman–Crippen MR) is 111 cm³/mol. The molecule has 0 spiro atoms. The molecular weight excluding hydrogens is 396 g/mol. The first kappa shape index (κ1) is 20.9. The number of benzene rings is 2. The molecule has 8 heteroatoms. The Hall–Kier alpha value is -1.87. The maximum Gasteiger partial charge on any atom is 0.255 e. The Labute approximate surface area is 170 Å². The van der Waals surface area contributed by atoms with Crippen molar-refractivity contribution in [3.8, 4) is 0 Å². The third-order valence-corrected chi connectivity index (χ3v) is 7.00. The summed E-state index contributed by atoms with van der Waals surface area (Å²) in [5, 5.41) is 2.82. The van der Waals surface area contributed by atoms with Crippen molar-refractivity contribution < 1.29 is 17.9 Å². The number of nitrogens with zero attached hydrogens (tertiary/aromatic N) is 1. The van der Waals surface area contributed by atoms with E-state index in [4.69, 9.17) is 4.74 Å². The van der Waals surface area contributed by atoms with Gasteiger partial charge in [-0.2, -0.15) is 4.31 Å². The molecule has 0 aromatic heterocycles. The van der Waals surface area contributed by atoms with Gasteiger partial charge in [-0.1, -0.05) is 12.1 Å². The SMILES string of the molecule is CSc1cccc(NC(=O)c2cccc(S(=O)(=O)N3C[C@H](C)O[C@@H](C)C3)c2)c1. The second-order valence-electron chi connectivity index (χ2n) is 6.79. The molecule has 1 N–H and O–H groups in total. The molecule has 2 aromatic carbocycles. The van der Waals surface area contributed by atoms with Crippen LogP contribution in [0.4, 0.5) is 5.69 Å². The van der Waals surface area contributed by atoms with Crippen molar-refractivity contribution in [1.82, 2.24) is 4.31 Å². The molecule has 2 aromatic rings. The standard InChI is InChI=1S/C20H24N2O4S2/c1-14-12-22(13-15(2)26-14)28(24,25)19-9-4-6-16(10-19)20(23)21-17-7-5-8-18(11-17)27-3/h4-11,14-15H,12-13H2,1-3H3,(H,21,23)/t14-,15-/m0/s1. The number of morpholine rings is 1. The Morgan fingerprint density at radius 3 is 2.46 bits per heavy atom. The number of carbonyl (C=O) groups is 1. The second kappa shape index (κ2) is 8.65. The third-order valence-electron chi connectivity index (χ3n) is 4.45. The van der Waals surface area contributed by atoms with Crippen molar-refractivity contribution in [1.29, 1.82) is 0 Å². The second-order valence-corrected chi connectivity index (χ2v) is 9.61. The lowest BCUT2D eigenvalue weighted by Gasteiger charge is -2.34. The fourth-order valence-corrected chi connectivity index (χ4v) is 5.27. The van der Waals surface area contributed by atoms with Gasteiger partial charge in [-0.15, -0.1) is 11.8 Å². The fraction of sp³-hybridized carbons (Fsp3) is 0.350. The van der Waals surface area contributed by atoms with Crippen molar-refractivity contribution in [3.05, 3.63) is 54.1 Å². The molecule has 0 bridgehead atoms. The molecule has 0 aliphatic carbocycles. The van der Waals surface area contributed by atoms with E-state index >= 15 is 0 Å². The molecule has 1 saturated heterocycles. The van der Waals surface area contributed by atoms with Gasteiger partial charge in [-0.25, -0.2) is 8.42 Å². The first-order valence-electron chi connectivity index (χ1n) is 9.00. The highest BCUT2D eigenvalue weighted by atomic mass is 32.2. The molecule has 3 rings (SSSR count). The average molecular weight is 421 g/mol. The summed E-state index contributed by atoms with van der Waals surface area (Å²) in [6.45, 7) is 4.30. The number of thioether (sulfide) groups is 1. The van der Waals surface area contributed by atoms with Gasteiger partial charge in [-0.05, 0) is 56.5 Å². The molecule has 1 aliphatic rings. The van der Waals surface area contributed by atoms with E-state index in [0.717, 1.165) is 4.90 Å². The lowest BCUT2D eigenvalue weighted by atomic mass is 10.2. The van der Waals surface area contributed by atoms with Crippen molar-refractivity contribution in [2.75, 3.05) is 24.7 Å². The summed E-state index contributed by atoms with van der Waals surface area (Å²) < 4.78 is 33.1. The largest absolute Gasteiger partial charge is 0.373 e. The first-order valence-corrected chi connectivity index (χ1v) is 11.7. The van der Waals surface area contributed by atoms with Crippen LogP contribution in [0.3, 0.4) is 0 Å². The van der Waals surface area contributed by atoms with E-state index in [-0.39, 0.29) is 23.0 Å². The molecular formula is C20H24N2O4S2. The summed E-state index contributed by atoms with van der Waals surface area (Å²) in [5.41, 5.74) is 0.964. The minimum Gasteiger partial charge on any atom is -0.373 e. The van der Waals surface area contributed by atoms with Crippen LogP contribution in [-0.4, -0.2) is 50.2 Å². The molecule has 1 aliphatic heterocycles. The topological polar surface area (TPSA) is 75.7 Å². The number of rotatable bonds is 5. The maximum atomic E-state index is 13.0. The normalized spacial score (nSPS) is 20.7. The molecule has 6 nitrogen and oxygen atoms in total. The average Bonchev–Trinajstić information content (AvgIpc) is 2.67. The van der Waals surface area contributed by atoms with Crippen LogP contribution in [0, 0.1) is 0 Å². The smallest absolute Gasteiger partial charge is 0.255 e. The number of amides is 1. The van der Waals surface area contributed by atoms with Gasteiger partial charge in [0.15, 0.2) is 0 Å². The number of hydrogen-bond donors (Lipinski definition) is 1. The van der Waals surface area contributed by atoms with E-state index in [0.29, 0.717) is 24.3 Å². The Bertz CT molecular complexity index is 952. The minimum atomic E-state index is -3.70. The van der Waals surface area contributed by atoms with Gasteiger partial charge in [0.25, 0.3) is 5.91 Å². The summed E-state index contributed by atoms with van der Waals surface area (Å²) in [6, 6.07) is 13.6. The molecule has 28 heavy (non-hydrogen) atoms. The summed E-state index contributed by atoms with van der Waals surface area (Å²) in [7, 11) is -3.70. The Kier molecular flexibility index (Phi) is 6.44. The summed E-state index contributed by atoms with van der Waals surface area (Å²) in [5.74, 6) is -0.348. The highest BCUT2D eigenvalue weighted by Gasteiger charge is 2.32. The number of carbonyl (C=O) groups excluding carboxylic acids is 1. The number of sulfonamides is 1. The highest BCUT2D eigenvalue weighted by Crippen LogP contribution is 2.23. The number of hydrogen-bond acceptors (Lipinski definition) is 5. The number of nitrogens with one attached hydrogen (secondary N) is 1. The minimum absolute atomic E-state index is 0.110. The van der Waals surface area contributed by atoms with Crippen molar-refractivity contribution in [2.45, 2.75) is 35.8 Å². The maximum absolute atomic E-state index is 13.0. The Morgan fingerprint density at radius 2 is 1.79 bits per heavy atom. The number of ether oxygens (including phenoxy) is 1. The van der Waals surface area contributed by atoms with E-state index in [1.54, 1.807) is 30.0 Å². The third kappa shape index (κ3) is 4.75. The van der Waals surface area contributed by atoms with Gasteiger partial charge in [0.1, 0.15) is 0 Å². The first-order chi connectivity index (χ1) is 13.3. The molecule has 1 heterocycles. The number of anilines is 1. The Balaban J connectivity index is 1.82. The molecule has 2 atom stereocenters. The van der Waals surface area contributed by atoms with Crippen molar-refractivity contribution >= 4 is 33.4 Å². The quantitative estimate of drug-likeness (QED) is 0.750. The molecule has 0 radical (unpaired) electrons. The molecule has 150 valence electrons. The van der Waals surface area contributed by atoms with Gasteiger partial charge in [-0.3, -0.25) is 4.79 Å². The van der Waals surface area contributed by atoms with Gasteiger partial charge < -0.3 is 10.1 Å². The van der Waals surface area contributed by atoms with Crippen LogP contribution in [0.2, 0.25) is 0 Å². The predicted octanol–water partition coefficient (Wildman–Crippen LogP) is 3.46. The van der Waals surface area contributed by atoms with Crippen LogP contribution in [0.25, 0.3) is 0 Å². The van der Waals surface area contributed by atoms with Crippen LogP contribution in [0.5, 0.6) is 0 Å². The molecule has 1 fully saturated rings. The van der Waals surface area contributed by atoms with E-state index in [1.807, 2.05) is 38.3 Å². The highest BCUT2D eigenvalue weighted by molar-refractivity contribution is 7.98.